The molecule has 0 unspecified atom stereocenters. The van der Waals surface area contributed by atoms with Crippen LogP contribution in [0, 0.1) is 0 Å². The van der Waals surface area contributed by atoms with Crippen LogP contribution in [-0.4, -0.2) is 30.6 Å². The highest BCUT2D eigenvalue weighted by molar-refractivity contribution is 7.13. The van der Waals surface area contributed by atoms with Gasteiger partial charge in [0, 0.05) is 24.3 Å². The molecule has 0 fully saturated rings. The van der Waals surface area contributed by atoms with Gasteiger partial charge in [-0.05, 0) is 19.3 Å². The summed E-state index contributed by atoms with van der Waals surface area (Å²) in [6, 6.07) is 0. The van der Waals surface area contributed by atoms with Crippen molar-refractivity contribution in [3.63, 3.8) is 0 Å². The van der Waals surface area contributed by atoms with Crippen molar-refractivity contribution in [2.75, 3.05) is 0 Å². The summed E-state index contributed by atoms with van der Waals surface area (Å²) >= 11 is 1.49. The van der Waals surface area contributed by atoms with E-state index in [4.69, 9.17) is 0 Å². The first-order valence-corrected chi connectivity index (χ1v) is 8.73. The fraction of sp³-hybridized carbons (Fsp3) is 0.312. The second-order valence-electron chi connectivity index (χ2n) is 5.60. The maximum Gasteiger partial charge on any atom is 0.255 e. The maximum absolute atomic E-state index is 12.4. The van der Waals surface area contributed by atoms with Crippen molar-refractivity contribution in [2.24, 2.45) is 0 Å². The third-order valence-electron chi connectivity index (χ3n) is 3.99. The fourth-order valence-corrected chi connectivity index (χ4v) is 3.57. The second kappa shape index (κ2) is 6.48. The van der Waals surface area contributed by atoms with E-state index in [0.717, 1.165) is 47.9 Å². The Morgan fingerprint density at radius 2 is 2.25 bits per heavy atom. The van der Waals surface area contributed by atoms with Gasteiger partial charge in [0.15, 0.2) is 0 Å². The van der Waals surface area contributed by atoms with Gasteiger partial charge in [0.2, 0.25) is 0 Å². The summed E-state index contributed by atoms with van der Waals surface area (Å²) in [5.74, 6) is -0.0906. The van der Waals surface area contributed by atoms with Crippen LogP contribution in [0.25, 0.3) is 10.7 Å². The molecular weight excluding hydrogens is 324 g/mol. The van der Waals surface area contributed by atoms with Gasteiger partial charge in [0.1, 0.15) is 10.7 Å². The Morgan fingerprint density at radius 3 is 3.12 bits per heavy atom. The number of carbonyl (C=O) groups is 1. The van der Waals surface area contributed by atoms with E-state index in [1.165, 1.54) is 11.3 Å². The summed E-state index contributed by atoms with van der Waals surface area (Å²) < 4.78 is 1.94. The highest BCUT2D eigenvalue weighted by atomic mass is 32.1. The number of fused-ring (bicyclic) bond motifs is 1. The molecule has 0 aromatic carbocycles. The summed E-state index contributed by atoms with van der Waals surface area (Å²) in [5.41, 5.74) is 3.28. The molecule has 1 aliphatic rings. The number of aromatic nitrogens is 5. The SMILES string of the molecule is O=C(NCc1csc(-c2cnccn2)n1)c1cnn2c1CCCC2. The largest absolute Gasteiger partial charge is 0.346 e. The molecule has 0 bridgehead atoms. The minimum atomic E-state index is -0.0906. The first-order chi connectivity index (χ1) is 11.8. The van der Waals surface area contributed by atoms with Crippen molar-refractivity contribution in [3.8, 4) is 10.7 Å². The predicted octanol–water partition coefficient (Wildman–Crippen LogP) is 2.06. The molecule has 0 radical (unpaired) electrons. The van der Waals surface area contributed by atoms with Gasteiger partial charge in [0.25, 0.3) is 5.91 Å². The Bertz CT molecular complexity index is 857. The lowest BCUT2D eigenvalue weighted by atomic mass is 10.1. The van der Waals surface area contributed by atoms with E-state index in [2.05, 4.69) is 25.4 Å². The standard InChI is InChI=1S/C16H16N6OS/c23-15(12-8-20-22-6-2-1-3-14(12)22)19-7-11-10-24-16(21-11)13-9-17-4-5-18-13/h4-5,8-10H,1-3,6-7H2,(H,19,23). The molecular formula is C16H16N6OS. The topological polar surface area (TPSA) is 85.6 Å². The molecule has 3 aromatic heterocycles. The van der Waals surface area contributed by atoms with Crippen molar-refractivity contribution in [1.82, 2.24) is 30.0 Å². The average molecular weight is 340 g/mol. The highest BCUT2D eigenvalue weighted by Crippen LogP contribution is 2.21. The molecule has 1 amide bonds. The van der Waals surface area contributed by atoms with Crippen LogP contribution < -0.4 is 5.32 Å². The Balaban J connectivity index is 1.43. The molecule has 1 aliphatic heterocycles. The van der Waals surface area contributed by atoms with Crippen molar-refractivity contribution in [3.05, 3.63) is 47.1 Å². The zero-order valence-electron chi connectivity index (χ0n) is 13.0. The molecule has 0 saturated heterocycles. The minimum absolute atomic E-state index is 0.0906. The molecule has 0 atom stereocenters. The number of thiazole rings is 1. The number of nitrogens with zero attached hydrogens (tertiary/aromatic N) is 5. The van der Waals surface area contributed by atoms with Crippen LogP contribution >= 0.6 is 11.3 Å². The molecule has 24 heavy (non-hydrogen) atoms. The van der Waals surface area contributed by atoms with Crippen LogP contribution in [-0.2, 0) is 19.5 Å². The molecule has 3 aromatic rings. The van der Waals surface area contributed by atoms with Gasteiger partial charge in [-0.1, -0.05) is 0 Å². The molecule has 8 heteroatoms. The van der Waals surface area contributed by atoms with Crippen LogP contribution in [0.2, 0.25) is 0 Å². The summed E-state index contributed by atoms with van der Waals surface area (Å²) in [7, 11) is 0. The minimum Gasteiger partial charge on any atom is -0.346 e. The Morgan fingerprint density at radius 1 is 1.29 bits per heavy atom. The number of nitrogens with one attached hydrogen (secondary N) is 1. The molecule has 4 rings (SSSR count). The van der Waals surface area contributed by atoms with Crippen LogP contribution in [0.1, 0.15) is 34.6 Å². The third kappa shape index (κ3) is 2.92. The van der Waals surface area contributed by atoms with E-state index >= 15 is 0 Å². The zero-order chi connectivity index (χ0) is 16.4. The summed E-state index contributed by atoms with van der Waals surface area (Å²) in [6.45, 7) is 1.29. The summed E-state index contributed by atoms with van der Waals surface area (Å²) in [4.78, 5) is 25.2. The number of amides is 1. The van der Waals surface area contributed by atoms with Gasteiger partial charge in [-0.3, -0.25) is 19.4 Å². The highest BCUT2D eigenvalue weighted by Gasteiger charge is 2.19. The van der Waals surface area contributed by atoms with Gasteiger partial charge in [0.05, 0.1) is 35.9 Å². The van der Waals surface area contributed by atoms with Crippen LogP contribution in [0.5, 0.6) is 0 Å². The van der Waals surface area contributed by atoms with Crippen molar-refractivity contribution >= 4 is 17.2 Å². The molecule has 4 heterocycles. The normalized spacial score (nSPS) is 13.5. The molecule has 122 valence electrons. The van der Waals surface area contributed by atoms with Crippen molar-refractivity contribution < 1.29 is 4.79 Å². The fourth-order valence-electron chi connectivity index (χ4n) is 2.79. The smallest absolute Gasteiger partial charge is 0.255 e. The van der Waals surface area contributed by atoms with E-state index in [0.29, 0.717) is 12.1 Å². The first kappa shape index (κ1) is 14.9. The second-order valence-corrected chi connectivity index (χ2v) is 6.46. The van der Waals surface area contributed by atoms with Gasteiger partial charge < -0.3 is 5.32 Å². The van der Waals surface area contributed by atoms with Crippen molar-refractivity contribution in [2.45, 2.75) is 32.4 Å². The van der Waals surface area contributed by atoms with E-state index in [1.54, 1.807) is 24.8 Å². The van der Waals surface area contributed by atoms with E-state index in [-0.39, 0.29) is 5.91 Å². The van der Waals surface area contributed by atoms with Gasteiger partial charge in [-0.25, -0.2) is 4.98 Å². The predicted molar refractivity (Wildman–Crippen MR) is 89.5 cm³/mol. The lowest BCUT2D eigenvalue weighted by molar-refractivity contribution is 0.0949. The first-order valence-electron chi connectivity index (χ1n) is 7.85. The number of carbonyl (C=O) groups excluding carboxylic acids is 1. The van der Waals surface area contributed by atoms with Crippen LogP contribution in [0.3, 0.4) is 0 Å². The number of hydrogen-bond donors (Lipinski definition) is 1. The van der Waals surface area contributed by atoms with Crippen LogP contribution in [0.4, 0.5) is 0 Å². The van der Waals surface area contributed by atoms with Gasteiger partial charge in [-0.15, -0.1) is 11.3 Å². The van der Waals surface area contributed by atoms with Crippen LogP contribution in [0.15, 0.2) is 30.2 Å². The third-order valence-corrected chi connectivity index (χ3v) is 4.90. The van der Waals surface area contributed by atoms with E-state index < -0.39 is 0 Å². The molecule has 7 nitrogen and oxygen atoms in total. The number of aryl methyl sites for hydroxylation is 1. The van der Waals surface area contributed by atoms with Gasteiger partial charge in [-0.2, -0.15) is 5.10 Å². The molecule has 0 spiro atoms. The average Bonchev–Trinajstić information content (AvgIpc) is 3.27. The maximum atomic E-state index is 12.4. The monoisotopic (exact) mass is 340 g/mol. The zero-order valence-corrected chi connectivity index (χ0v) is 13.8. The quantitative estimate of drug-likeness (QED) is 0.786. The van der Waals surface area contributed by atoms with E-state index in [1.807, 2.05) is 10.1 Å². The Kier molecular flexibility index (Phi) is 4.04. The summed E-state index contributed by atoms with van der Waals surface area (Å²) in [6.07, 6.45) is 9.77. The molecule has 0 aliphatic carbocycles. The summed E-state index contributed by atoms with van der Waals surface area (Å²) in [5, 5.41) is 9.97. The number of hydrogen-bond acceptors (Lipinski definition) is 6. The Hall–Kier alpha value is -2.61. The Labute approximate surface area is 142 Å². The molecule has 0 saturated carbocycles. The molecule has 1 N–H and O–H groups in total. The van der Waals surface area contributed by atoms with E-state index in [9.17, 15) is 4.79 Å². The lowest BCUT2D eigenvalue weighted by Crippen LogP contribution is -2.24. The van der Waals surface area contributed by atoms with Crippen molar-refractivity contribution in [1.29, 1.82) is 0 Å². The number of rotatable bonds is 4. The van der Waals surface area contributed by atoms with Gasteiger partial charge >= 0.3 is 0 Å². The lowest BCUT2D eigenvalue weighted by Gasteiger charge is -2.14.